The number of nitrogens with two attached hydrogens (primary N) is 1. The summed E-state index contributed by atoms with van der Waals surface area (Å²) in [7, 11) is 0. The van der Waals surface area contributed by atoms with Gasteiger partial charge in [0.05, 0.1) is 6.54 Å². The lowest BCUT2D eigenvalue weighted by atomic mass is 10.1. The standard InChI is InChI=1S/C7H14N2O3.C2H2O4/c1-4(2)6(7(11)12)9-5(10)3-8;3-1(4)2(5)6/h4,6H,3,8H2,1-2H3,(H,9,10)(H,11,12);(H,3,4)(H,5,6)/t6-;/m0./s1. The van der Waals surface area contributed by atoms with Crippen LogP contribution in [0.1, 0.15) is 13.8 Å². The summed E-state index contributed by atoms with van der Waals surface area (Å²) in [4.78, 5) is 39.5. The maximum atomic E-state index is 10.7. The molecule has 18 heavy (non-hydrogen) atoms. The summed E-state index contributed by atoms with van der Waals surface area (Å²) < 4.78 is 0. The lowest BCUT2D eigenvalue weighted by molar-refractivity contribution is -0.159. The minimum atomic E-state index is -1.82. The molecule has 0 heterocycles. The van der Waals surface area contributed by atoms with Crippen molar-refractivity contribution in [2.24, 2.45) is 11.7 Å². The molecular weight excluding hydrogens is 248 g/mol. The molecule has 1 amide bonds. The lowest BCUT2D eigenvalue weighted by Gasteiger charge is -2.16. The fourth-order valence-corrected chi connectivity index (χ4v) is 0.746. The zero-order chi connectivity index (χ0) is 14.9. The molecule has 0 fully saturated rings. The number of rotatable bonds is 4. The molecule has 0 rings (SSSR count). The molecule has 0 saturated heterocycles. The highest BCUT2D eigenvalue weighted by Crippen LogP contribution is 2.00. The Bertz CT molecular complexity index is 315. The van der Waals surface area contributed by atoms with E-state index in [0.29, 0.717) is 0 Å². The first-order valence-corrected chi connectivity index (χ1v) is 4.81. The Morgan fingerprint density at radius 3 is 1.61 bits per heavy atom. The van der Waals surface area contributed by atoms with Gasteiger partial charge in [-0.1, -0.05) is 13.8 Å². The monoisotopic (exact) mass is 264 g/mol. The first-order valence-electron chi connectivity index (χ1n) is 4.81. The van der Waals surface area contributed by atoms with Gasteiger partial charge in [-0.3, -0.25) is 4.79 Å². The maximum absolute atomic E-state index is 10.7. The number of carbonyl (C=O) groups excluding carboxylic acids is 1. The molecule has 0 saturated carbocycles. The molecule has 0 aliphatic heterocycles. The highest BCUT2D eigenvalue weighted by molar-refractivity contribution is 6.27. The molecule has 0 bridgehead atoms. The summed E-state index contributed by atoms with van der Waals surface area (Å²) in [6.45, 7) is 3.25. The van der Waals surface area contributed by atoms with Gasteiger partial charge in [0.1, 0.15) is 6.04 Å². The Labute approximate surface area is 103 Å². The van der Waals surface area contributed by atoms with E-state index >= 15 is 0 Å². The summed E-state index contributed by atoms with van der Waals surface area (Å²) in [5.74, 6) is -5.27. The van der Waals surface area contributed by atoms with Crippen molar-refractivity contribution >= 4 is 23.8 Å². The third-order valence-electron chi connectivity index (χ3n) is 1.62. The minimum absolute atomic E-state index is 0.141. The Hall–Kier alpha value is -2.16. The largest absolute Gasteiger partial charge is 0.480 e. The van der Waals surface area contributed by atoms with Crippen molar-refractivity contribution in [3.8, 4) is 0 Å². The van der Waals surface area contributed by atoms with E-state index in [2.05, 4.69) is 5.32 Å². The second-order valence-electron chi connectivity index (χ2n) is 3.44. The van der Waals surface area contributed by atoms with Crippen LogP contribution in [0.3, 0.4) is 0 Å². The van der Waals surface area contributed by atoms with E-state index in [0.717, 1.165) is 0 Å². The van der Waals surface area contributed by atoms with Crippen molar-refractivity contribution < 1.29 is 34.5 Å². The van der Waals surface area contributed by atoms with Gasteiger partial charge in [-0.2, -0.15) is 0 Å². The van der Waals surface area contributed by atoms with Gasteiger partial charge >= 0.3 is 17.9 Å². The van der Waals surface area contributed by atoms with Crippen LogP contribution in [0.5, 0.6) is 0 Å². The van der Waals surface area contributed by atoms with Crippen molar-refractivity contribution in [2.45, 2.75) is 19.9 Å². The Morgan fingerprint density at radius 1 is 1.06 bits per heavy atom. The van der Waals surface area contributed by atoms with E-state index in [-0.39, 0.29) is 12.5 Å². The summed E-state index contributed by atoms with van der Waals surface area (Å²) >= 11 is 0. The van der Waals surface area contributed by atoms with E-state index in [1.165, 1.54) is 0 Å². The SMILES string of the molecule is CC(C)[C@H](NC(=O)CN)C(=O)O.O=C(O)C(=O)O. The van der Waals surface area contributed by atoms with E-state index < -0.39 is 29.9 Å². The number of carboxylic acids is 3. The van der Waals surface area contributed by atoms with E-state index in [9.17, 15) is 9.59 Å². The smallest absolute Gasteiger partial charge is 0.414 e. The molecule has 0 aromatic rings. The van der Waals surface area contributed by atoms with Crippen LogP contribution in [-0.4, -0.2) is 51.7 Å². The number of aliphatic carboxylic acids is 3. The van der Waals surface area contributed by atoms with E-state index in [1.807, 2.05) is 0 Å². The molecule has 9 heteroatoms. The van der Waals surface area contributed by atoms with Crippen LogP contribution in [0.25, 0.3) is 0 Å². The van der Waals surface area contributed by atoms with Crippen LogP contribution >= 0.6 is 0 Å². The van der Waals surface area contributed by atoms with Crippen molar-refractivity contribution in [1.29, 1.82) is 0 Å². The van der Waals surface area contributed by atoms with Gasteiger partial charge in [0, 0.05) is 0 Å². The average molecular weight is 264 g/mol. The van der Waals surface area contributed by atoms with E-state index in [4.69, 9.17) is 30.6 Å². The topological polar surface area (TPSA) is 167 Å². The molecule has 0 radical (unpaired) electrons. The minimum Gasteiger partial charge on any atom is -0.480 e. The number of carboxylic acid groups (broad SMARTS) is 3. The molecule has 0 aromatic carbocycles. The third-order valence-corrected chi connectivity index (χ3v) is 1.62. The second kappa shape index (κ2) is 8.93. The Morgan fingerprint density at radius 2 is 1.44 bits per heavy atom. The Balaban J connectivity index is 0. The summed E-state index contributed by atoms with van der Waals surface area (Å²) in [6.07, 6.45) is 0. The van der Waals surface area contributed by atoms with Crippen LogP contribution in [0.4, 0.5) is 0 Å². The number of hydrogen-bond acceptors (Lipinski definition) is 5. The fourth-order valence-electron chi connectivity index (χ4n) is 0.746. The number of nitrogens with one attached hydrogen (secondary N) is 1. The Kier molecular flexibility index (Phi) is 9.04. The number of hydrogen-bond donors (Lipinski definition) is 5. The second-order valence-corrected chi connectivity index (χ2v) is 3.44. The zero-order valence-electron chi connectivity index (χ0n) is 9.91. The van der Waals surface area contributed by atoms with Gasteiger partial charge in [0.25, 0.3) is 0 Å². The molecule has 0 aliphatic rings. The van der Waals surface area contributed by atoms with Gasteiger partial charge in [-0.15, -0.1) is 0 Å². The molecule has 0 aromatic heterocycles. The molecule has 1 atom stereocenters. The summed E-state index contributed by atoms with van der Waals surface area (Å²) in [6, 6.07) is -0.846. The van der Waals surface area contributed by atoms with Crippen molar-refractivity contribution in [2.75, 3.05) is 6.54 Å². The average Bonchev–Trinajstić information content (AvgIpc) is 2.25. The first kappa shape index (κ1) is 18.2. The predicted molar refractivity (Wildman–Crippen MR) is 58.7 cm³/mol. The van der Waals surface area contributed by atoms with Gasteiger partial charge in [0.2, 0.25) is 5.91 Å². The van der Waals surface area contributed by atoms with Crippen LogP contribution in [0.15, 0.2) is 0 Å². The summed E-state index contributed by atoms with van der Waals surface area (Å²) in [5, 5.41) is 25.7. The van der Waals surface area contributed by atoms with Crippen molar-refractivity contribution in [3.63, 3.8) is 0 Å². The fraction of sp³-hybridized carbons (Fsp3) is 0.556. The zero-order valence-corrected chi connectivity index (χ0v) is 9.91. The first-order chi connectivity index (χ1) is 8.13. The molecule has 0 unspecified atom stereocenters. The predicted octanol–water partition coefficient (Wildman–Crippen LogP) is -1.67. The third kappa shape index (κ3) is 9.09. The number of carbonyl (C=O) groups is 4. The van der Waals surface area contributed by atoms with Gasteiger partial charge < -0.3 is 26.4 Å². The molecule has 104 valence electrons. The van der Waals surface area contributed by atoms with Gasteiger partial charge in [-0.25, -0.2) is 14.4 Å². The van der Waals surface area contributed by atoms with Crippen LogP contribution in [0, 0.1) is 5.92 Å². The van der Waals surface area contributed by atoms with E-state index in [1.54, 1.807) is 13.8 Å². The maximum Gasteiger partial charge on any atom is 0.414 e. The van der Waals surface area contributed by atoms with Gasteiger partial charge in [0.15, 0.2) is 0 Å². The molecule has 9 nitrogen and oxygen atoms in total. The quantitative estimate of drug-likeness (QED) is 0.375. The molecule has 0 spiro atoms. The lowest BCUT2D eigenvalue weighted by Crippen LogP contribution is -2.46. The van der Waals surface area contributed by atoms with Crippen LogP contribution in [0.2, 0.25) is 0 Å². The molecule has 6 N–H and O–H groups in total. The van der Waals surface area contributed by atoms with Gasteiger partial charge in [-0.05, 0) is 5.92 Å². The molecular formula is C9H16N2O7. The highest BCUT2D eigenvalue weighted by Gasteiger charge is 2.22. The normalized spacial score (nSPS) is 10.9. The highest BCUT2D eigenvalue weighted by atomic mass is 16.4. The van der Waals surface area contributed by atoms with Crippen LogP contribution < -0.4 is 11.1 Å². The van der Waals surface area contributed by atoms with Crippen LogP contribution in [-0.2, 0) is 19.2 Å². The van der Waals surface area contributed by atoms with Crippen molar-refractivity contribution in [1.82, 2.24) is 5.32 Å². The number of amides is 1. The summed E-state index contributed by atoms with van der Waals surface area (Å²) in [5.41, 5.74) is 5.02. The van der Waals surface area contributed by atoms with Crippen molar-refractivity contribution in [3.05, 3.63) is 0 Å². The molecule has 0 aliphatic carbocycles.